The molecule has 0 fully saturated rings. The maximum absolute atomic E-state index is 7.01. The number of nitrogens with zero attached hydrogens (tertiary/aromatic N) is 3. The minimum atomic E-state index is 0.578. The Labute approximate surface area is 365 Å². The van der Waals surface area contributed by atoms with Crippen LogP contribution in [0.5, 0.6) is 11.5 Å². The van der Waals surface area contributed by atoms with Gasteiger partial charge in [-0.2, -0.15) is 0 Å². The molecule has 0 saturated carbocycles. The van der Waals surface area contributed by atoms with E-state index in [1.54, 1.807) is 0 Å². The van der Waals surface area contributed by atoms with Gasteiger partial charge in [0.1, 0.15) is 11.5 Å². The number of hydrogen-bond acceptors (Lipinski definition) is 4. The quantitative estimate of drug-likeness (QED) is 0.161. The predicted octanol–water partition coefficient (Wildman–Crippen LogP) is 15.6. The van der Waals surface area contributed by atoms with E-state index >= 15 is 0 Å². The number of benzene rings is 10. The Morgan fingerprint density at radius 2 is 0.762 bits per heavy atom. The first kappa shape index (κ1) is 36.4. The SMILES string of the molecule is c1ccc(-c2ccc(-c3nc(-c4cc(-c5ccccc5)cc(-c5cccc6c5Oc5cccc7cccc-6c57)c4-c4ccccc4)nc(-c4cccc5ccccc45)n3)cc2)cc1. The van der Waals surface area contributed by atoms with Gasteiger partial charge in [-0.25, -0.2) is 15.0 Å². The van der Waals surface area contributed by atoms with E-state index in [0.717, 1.165) is 105 Å². The van der Waals surface area contributed by atoms with Crippen molar-refractivity contribution < 1.29 is 4.74 Å². The van der Waals surface area contributed by atoms with Crippen LogP contribution in [0.15, 0.2) is 224 Å². The number of fused-ring (bicyclic) bond motifs is 3. The number of hydrogen-bond donors (Lipinski definition) is 0. The fourth-order valence-corrected chi connectivity index (χ4v) is 9.15. The summed E-state index contributed by atoms with van der Waals surface area (Å²) in [5.74, 6) is 3.45. The van der Waals surface area contributed by atoms with E-state index in [0.29, 0.717) is 17.5 Å². The maximum Gasteiger partial charge on any atom is 0.164 e. The highest BCUT2D eigenvalue weighted by Gasteiger charge is 2.27. The summed E-state index contributed by atoms with van der Waals surface area (Å²) < 4.78 is 7.01. The fraction of sp³-hybridized carbons (Fsp3) is 0. The second kappa shape index (κ2) is 15.2. The van der Waals surface area contributed by atoms with Gasteiger partial charge in [0.25, 0.3) is 0 Å². The zero-order chi connectivity index (χ0) is 41.7. The van der Waals surface area contributed by atoms with Gasteiger partial charge in [0.05, 0.1) is 0 Å². The van der Waals surface area contributed by atoms with E-state index in [4.69, 9.17) is 19.7 Å². The molecule has 0 atom stereocenters. The Morgan fingerprint density at radius 3 is 1.49 bits per heavy atom. The Balaban J connectivity index is 1.15. The average molecular weight is 804 g/mol. The lowest BCUT2D eigenvalue weighted by Gasteiger charge is -2.25. The van der Waals surface area contributed by atoms with E-state index in [1.807, 2.05) is 6.07 Å². The topological polar surface area (TPSA) is 47.9 Å². The van der Waals surface area contributed by atoms with Crippen LogP contribution in [0.3, 0.4) is 0 Å². The van der Waals surface area contributed by atoms with Gasteiger partial charge in [0.2, 0.25) is 0 Å². The summed E-state index contributed by atoms with van der Waals surface area (Å²) in [4.78, 5) is 16.2. The predicted molar refractivity (Wildman–Crippen MR) is 258 cm³/mol. The standard InChI is InChI=1S/C59H37N3O/c1-4-16-38(17-5-1)40-32-34-44(35-33-40)57-60-58(50-30-12-23-41-20-10-11-26-46(41)50)62-59(61-57)52-37-45(39-18-6-2-7-19-39)36-51(54(52)42-21-8-3-9-22-42)49-29-15-28-48-47-27-13-24-43-25-14-31-53(55(43)47)63-56(48)49/h1-37H. The second-order valence-corrected chi connectivity index (χ2v) is 15.9. The summed E-state index contributed by atoms with van der Waals surface area (Å²) in [6, 6.07) is 78.7. The van der Waals surface area contributed by atoms with Crippen molar-refractivity contribution in [3.05, 3.63) is 224 Å². The first-order valence-electron chi connectivity index (χ1n) is 21.3. The number of para-hydroxylation sites is 1. The lowest BCUT2D eigenvalue weighted by molar-refractivity contribution is 0.489. The molecule has 1 aliphatic heterocycles. The maximum atomic E-state index is 7.01. The Hall–Kier alpha value is -8.47. The van der Waals surface area contributed by atoms with Crippen molar-refractivity contribution in [2.24, 2.45) is 0 Å². The van der Waals surface area contributed by atoms with Crippen LogP contribution in [0.25, 0.3) is 111 Å². The molecule has 10 aromatic carbocycles. The average Bonchev–Trinajstić information content (AvgIpc) is 3.36. The molecule has 1 aromatic heterocycles. The first-order valence-corrected chi connectivity index (χ1v) is 21.3. The van der Waals surface area contributed by atoms with Gasteiger partial charge in [0, 0.05) is 38.8 Å². The third-order valence-electron chi connectivity index (χ3n) is 12.1. The molecule has 63 heavy (non-hydrogen) atoms. The summed E-state index contributed by atoms with van der Waals surface area (Å²) in [7, 11) is 0. The third kappa shape index (κ3) is 6.44. The molecule has 0 N–H and O–H groups in total. The summed E-state index contributed by atoms with van der Waals surface area (Å²) in [5.41, 5.74) is 13.4. The summed E-state index contributed by atoms with van der Waals surface area (Å²) in [6.45, 7) is 0. The molecule has 4 heteroatoms. The van der Waals surface area contributed by atoms with Gasteiger partial charge >= 0.3 is 0 Å². The van der Waals surface area contributed by atoms with Crippen molar-refractivity contribution in [2.45, 2.75) is 0 Å². The van der Waals surface area contributed by atoms with Crippen molar-refractivity contribution in [1.82, 2.24) is 15.0 Å². The Kier molecular flexibility index (Phi) is 8.79. The van der Waals surface area contributed by atoms with Crippen LogP contribution >= 0.6 is 0 Å². The van der Waals surface area contributed by atoms with E-state index in [-0.39, 0.29) is 0 Å². The van der Waals surface area contributed by atoms with Crippen LogP contribution in [-0.4, -0.2) is 15.0 Å². The van der Waals surface area contributed by atoms with Crippen molar-refractivity contribution >= 4 is 21.5 Å². The number of rotatable bonds is 7. The minimum absolute atomic E-state index is 0.578. The molecule has 0 saturated heterocycles. The van der Waals surface area contributed by atoms with Crippen LogP contribution in [0.1, 0.15) is 0 Å². The first-order chi connectivity index (χ1) is 31.2. The zero-order valence-electron chi connectivity index (χ0n) is 34.1. The molecule has 0 unspecified atom stereocenters. The molecule has 0 amide bonds. The second-order valence-electron chi connectivity index (χ2n) is 15.9. The van der Waals surface area contributed by atoms with E-state index in [9.17, 15) is 0 Å². The molecular formula is C59H37N3O. The van der Waals surface area contributed by atoms with Crippen LogP contribution in [0.2, 0.25) is 0 Å². The number of aromatic nitrogens is 3. The third-order valence-corrected chi connectivity index (χ3v) is 12.1. The smallest absolute Gasteiger partial charge is 0.164 e. The lowest BCUT2D eigenvalue weighted by atomic mass is 9.84. The Morgan fingerprint density at radius 1 is 0.286 bits per heavy atom. The van der Waals surface area contributed by atoms with E-state index < -0.39 is 0 Å². The van der Waals surface area contributed by atoms with Gasteiger partial charge in [-0.1, -0.05) is 206 Å². The van der Waals surface area contributed by atoms with Gasteiger partial charge in [-0.05, 0) is 73.3 Å². The van der Waals surface area contributed by atoms with Gasteiger partial charge in [0.15, 0.2) is 17.5 Å². The number of ether oxygens (including phenoxy) is 1. The molecule has 11 aromatic rings. The molecule has 2 heterocycles. The normalized spacial score (nSPS) is 11.6. The molecule has 0 spiro atoms. The highest BCUT2D eigenvalue weighted by molar-refractivity contribution is 6.07. The van der Waals surface area contributed by atoms with Crippen molar-refractivity contribution in [3.8, 4) is 101 Å². The van der Waals surface area contributed by atoms with Crippen LogP contribution in [0, 0.1) is 0 Å². The van der Waals surface area contributed by atoms with Gasteiger partial charge < -0.3 is 4.74 Å². The fourth-order valence-electron chi connectivity index (χ4n) is 9.15. The monoisotopic (exact) mass is 803 g/mol. The Bertz CT molecular complexity index is 3500. The summed E-state index contributed by atoms with van der Waals surface area (Å²) >= 11 is 0. The molecular weight excluding hydrogens is 767 g/mol. The largest absolute Gasteiger partial charge is 0.455 e. The van der Waals surface area contributed by atoms with Crippen molar-refractivity contribution in [2.75, 3.05) is 0 Å². The van der Waals surface area contributed by atoms with Gasteiger partial charge in [-0.3, -0.25) is 0 Å². The van der Waals surface area contributed by atoms with Crippen LogP contribution in [0.4, 0.5) is 0 Å². The highest BCUT2D eigenvalue weighted by Crippen LogP contribution is 2.53. The zero-order valence-corrected chi connectivity index (χ0v) is 34.1. The molecule has 0 aliphatic carbocycles. The highest BCUT2D eigenvalue weighted by atomic mass is 16.5. The molecule has 294 valence electrons. The lowest BCUT2D eigenvalue weighted by Crippen LogP contribution is -2.03. The molecule has 12 rings (SSSR count). The van der Waals surface area contributed by atoms with E-state index in [1.165, 1.54) is 0 Å². The molecule has 1 aliphatic rings. The summed E-state index contributed by atoms with van der Waals surface area (Å²) in [6.07, 6.45) is 0. The molecule has 4 nitrogen and oxygen atoms in total. The van der Waals surface area contributed by atoms with Crippen molar-refractivity contribution in [1.29, 1.82) is 0 Å². The van der Waals surface area contributed by atoms with Crippen LogP contribution in [-0.2, 0) is 0 Å². The van der Waals surface area contributed by atoms with Crippen molar-refractivity contribution in [3.63, 3.8) is 0 Å². The molecule has 0 radical (unpaired) electrons. The van der Waals surface area contributed by atoms with Gasteiger partial charge in [-0.15, -0.1) is 0 Å². The van der Waals surface area contributed by atoms with Crippen LogP contribution < -0.4 is 4.74 Å². The minimum Gasteiger partial charge on any atom is -0.455 e. The molecule has 0 bridgehead atoms. The van der Waals surface area contributed by atoms with E-state index in [2.05, 4.69) is 218 Å². The summed E-state index contributed by atoms with van der Waals surface area (Å²) in [5, 5.41) is 4.48.